The molecule has 0 fully saturated rings. The van der Waals surface area contributed by atoms with Gasteiger partial charge in [0.2, 0.25) is 0 Å². The summed E-state index contributed by atoms with van der Waals surface area (Å²) < 4.78 is 4.31. The van der Waals surface area contributed by atoms with Crippen molar-refractivity contribution in [2.24, 2.45) is 0 Å². The van der Waals surface area contributed by atoms with Crippen molar-refractivity contribution in [3.05, 3.63) is 138 Å². The van der Waals surface area contributed by atoms with Gasteiger partial charge in [-0.15, -0.1) is 0 Å². The summed E-state index contributed by atoms with van der Waals surface area (Å²) in [6.07, 6.45) is 1.96. The third-order valence-electron chi connectivity index (χ3n) is 7.04. The van der Waals surface area contributed by atoms with Crippen molar-refractivity contribution in [1.82, 2.24) is 9.13 Å². The number of benzene rings is 5. The molecule has 0 saturated heterocycles. The summed E-state index contributed by atoms with van der Waals surface area (Å²) in [7, 11) is 0. The molecule has 5 nitrogen and oxygen atoms in total. The van der Waals surface area contributed by atoms with Crippen LogP contribution in [0.1, 0.15) is 0 Å². The molecule has 0 unspecified atom stereocenters. The molecular weight excluding hydrogens is 458 g/mol. The van der Waals surface area contributed by atoms with Crippen molar-refractivity contribution in [1.29, 1.82) is 0 Å². The zero-order valence-electron chi connectivity index (χ0n) is 19.8. The SMILES string of the molecule is O=[N+]([O-])c1cc2ccn(-c3ccccc3)c2cc1-c1ccc2c(c1)c1ccccc1n2-c1ccccc1. The molecule has 37 heavy (non-hydrogen) atoms. The van der Waals surface area contributed by atoms with Crippen molar-refractivity contribution in [3.8, 4) is 22.5 Å². The highest BCUT2D eigenvalue weighted by Gasteiger charge is 2.20. The van der Waals surface area contributed by atoms with E-state index in [9.17, 15) is 10.1 Å². The van der Waals surface area contributed by atoms with Crippen LogP contribution in [0.3, 0.4) is 0 Å². The molecule has 2 heterocycles. The Morgan fingerprint density at radius 1 is 0.595 bits per heavy atom. The Hall–Kier alpha value is -5.16. The average molecular weight is 480 g/mol. The van der Waals surface area contributed by atoms with Crippen molar-refractivity contribution < 1.29 is 4.92 Å². The quantitative estimate of drug-likeness (QED) is 0.188. The van der Waals surface area contributed by atoms with E-state index < -0.39 is 0 Å². The first-order chi connectivity index (χ1) is 18.2. The number of hydrogen-bond acceptors (Lipinski definition) is 2. The molecule has 176 valence electrons. The first-order valence-electron chi connectivity index (χ1n) is 12.1. The van der Waals surface area contributed by atoms with Gasteiger partial charge in [0.1, 0.15) is 0 Å². The standard InChI is InChI=1S/C32H21N3O2/c36-35(37)32-20-23-17-18-33(24-9-3-1-4-10-24)31(23)21-27(32)22-15-16-30-28(19-22)26-13-7-8-14-29(26)34(30)25-11-5-2-6-12-25/h1-21H. The van der Waals surface area contributed by atoms with E-state index in [1.165, 1.54) is 0 Å². The summed E-state index contributed by atoms with van der Waals surface area (Å²) in [6, 6.07) is 40.3. The van der Waals surface area contributed by atoms with Gasteiger partial charge in [0.05, 0.1) is 27.0 Å². The van der Waals surface area contributed by atoms with Crippen LogP contribution in [0, 0.1) is 10.1 Å². The van der Waals surface area contributed by atoms with Crippen molar-refractivity contribution in [2.45, 2.75) is 0 Å². The Balaban J connectivity index is 1.50. The Kier molecular flexibility index (Phi) is 4.69. The molecule has 2 aromatic heterocycles. The Morgan fingerprint density at radius 3 is 2.03 bits per heavy atom. The van der Waals surface area contributed by atoms with E-state index >= 15 is 0 Å². The second-order valence-corrected chi connectivity index (χ2v) is 9.13. The Morgan fingerprint density at radius 2 is 1.27 bits per heavy atom. The number of aromatic nitrogens is 2. The third-order valence-corrected chi connectivity index (χ3v) is 7.04. The molecule has 0 radical (unpaired) electrons. The van der Waals surface area contributed by atoms with Gasteiger partial charge in [-0.05, 0) is 60.2 Å². The number of fused-ring (bicyclic) bond motifs is 4. The molecule has 5 aromatic carbocycles. The first kappa shape index (κ1) is 21.1. The summed E-state index contributed by atoms with van der Waals surface area (Å²) in [4.78, 5) is 11.9. The van der Waals surface area contributed by atoms with Gasteiger partial charge in [0, 0.05) is 39.8 Å². The molecule has 7 aromatic rings. The first-order valence-corrected chi connectivity index (χ1v) is 12.1. The average Bonchev–Trinajstić information content (AvgIpc) is 3.51. The lowest BCUT2D eigenvalue weighted by molar-refractivity contribution is -0.384. The molecule has 0 bridgehead atoms. The molecule has 7 rings (SSSR count). The molecule has 0 aliphatic heterocycles. The molecule has 0 atom stereocenters. The van der Waals surface area contributed by atoms with E-state index in [0.29, 0.717) is 5.56 Å². The normalized spacial score (nSPS) is 11.5. The van der Waals surface area contributed by atoms with Crippen LogP contribution in [0.4, 0.5) is 5.69 Å². The summed E-state index contributed by atoms with van der Waals surface area (Å²) in [5.41, 5.74) is 6.71. The van der Waals surface area contributed by atoms with Gasteiger partial charge >= 0.3 is 0 Å². The van der Waals surface area contributed by atoms with Gasteiger partial charge in [-0.2, -0.15) is 0 Å². The van der Waals surface area contributed by atoms with Gasteiger partial charge < -0.3 is 9.13 Å². The Labute approximate surface area is 212 Å². The smallest absolute Gasteiger partial charge is 0.277 e. The molecule has 0 spiro atoms. The third kappa shape index (κ3) is 3.32. The molecule has 0 amide bonds. The van der Waals surface area contributed by atoms with Gasteiger partial charge in [0.25, 0.3) is 5.69 Å². The predicted octanol–water partition coefficient (Wildman–Crippen LogP) is 8.30. The van der Waals surface area contributed by atoms with E-state index in [1.54, 1.807) is 6.07 Å². The van der Waals surface area contributed by atoms with Gasteiger partial charge in [-0.1, -0.05) is 60.7 Å². The van der Waals surface area contributed by atoms with Crippen LogP contribution < -0.4 is 0 Å². The largest absolute Gasteiger partial charge is 0.317 e. The summed E-state index contributed by atoms with van der Waals surface area (Å²) in [5, 5.41) is 15.2. The van der Waals surface area contributed by atoms with Gasteiger partial charge in [0.15, 0.2) is 0 Å². The zero-order chi connectivity index (χ0) is 24.9. The predicted molar refractivity (Wildman–Crippen MR) is 150 cm³/mol. The topological polar surface area (TPSA) is 53.0 Å². The number of nitro benzene ring substituents is 1. The van der Waals surface area contributed by atoms with Gasteiger partial charge in [-0.3, -0.25) is 10.1 Å². The highest BCUT2D eigenvalue weighted by atomic mass is 16.6. The monoisotopic (exact) mass is 479 g/mol. The lowest BCUT2D eigenvalue weighted by atomic mass is 9.99. The second kappa shape index (κ2) is 8.21. The minimum absolute atomic E-state index is 0.101. The maximum absolute atomic E-state index is 12.2. The van der Waals surface area contributed by atoms with Crippen molar-refractivity contribution in [2.75, 3.05) is 0 Å². The highest BCUT2D eigenvalue weighted by Crippen LogP contribution is 2.39. The van der Waals surface area contributed by atoms with Crippen LogP contribution in [0.25, 0.3) is 55.2 Å². The number of rotatable bonds is 4. The summed E-state index contributed by atoms with van der Waals surface area (Å²) in [6.45, 7) is 0. The molecular formula is C32H21N3O2. The van der Waals surface area contributed by atoms with Gasteiger partial charge in [-0.25, -0.2) is 0 Å². The van der Waals surface area contributed by atoms with Crippen LogP contribution in [0.15, 0.2) is 128 Å². The van der Waals surface area contributed by atoms with Crippen LogP contribution in [0.2, 0.25) is 0 Å². The van der Waals surface area contributed by atoms with Crippen molar-refractivity contribution in [3.63, 3.8) is 0 Å². The van der Waals surface area contributed by atoms with Crippen LogP contribution in [0.5, 0.6) is 0 Å². The zero-order valence-corrected chi connectivity index (χ0v) is 19.8. The van der Waals surface area contributed by atoms with Crippen molar-refractivity contribution >= 4 is 38.4 Å². The lowest BCUT2D eigenvalue weighted by Gasteiger charge is -2.10. The number of nitrogens with zero attached hydrogens (tertiary/aromatic N) is 3. The van der Waals surface area contributed by atoms with E-state index in [2.05, 4.69) is 45.5 Å². The minimum Gasteiger partial charge on any atom is -0.317 e. The maximum atomic E-state index is 12.2. The molecule has 0 saturated carbocycles. The van der Waals surface area contributed by atoms with E-state index in [4.69, 9.17) is 0 Å². The second-order valence-electron chi connectivity index (χ2n) is 9.13. The molecule has 0 aliphatic carbocycles. The fraction of sp³-hybridized carbons (Fsp3) is 0. The number of para-hydroxylation sites is 3. The fourth-order valence-corrected chi connectivity index (χ4v) is 5.36. The van der Waals surface area contributed by atoms with Crippen LogP contribution in [-0.2, 0) is 0 Å². The summed E-state index contributed by atoms with van der Waals surface area (Å²) in [5.74, 6) is 0. The van der Waals surface area contributed by atoms with E-state index in [1.807, 2.05) is 85.1 Å². The fourth-order valence-electron chi connectivity index (χ4n) is 5.36. The lowest BCUT2D eigenvalue weighted by Crippen LogP contribution is -1.96. The summed E-state index contributed by atoms with van der Waals surface area (Å²) >= 11 is 0. The van der Waals surface area contributed by atoms with E-state index in [0.717, 1.165) is 49.6 Å². The minimum atomic E-state index is -0.286. The molecule has 0 N–H and O–H groups in total. The molecule has 0 aliphatic rings. The number of hydrogen-bond donors (Lipinski definition) is 0. The maximum Gasteiger partial charge on any atom is 0.277 e. The number of nitro groups is 1. The Bertz CT molecular complexity index is 1950. The molecule has 5 heteroatoms. The van der Waals surface area contributed by atoms with E-state index in [-0.39, 0.29) is 10.6 Å². The highest BCUT2D eigenvalue weighted by molar-refractivity contribution is 6.11. The van der Waals surface area contributed by atoms with Crippen LogP contribution in [-0.4, -0.2) is 14.1 Å². The van der Waals surface area contributed by atoms with Crippen LogP contribution >= 0.6 is 0 Å².